The maximum absolute atomic E-state index is 6.32. The van der Waals surface area contributed by atoms with Gasteiger partial charge >= 0.3 is 0 Å². The molecule has 13 heavy (non-hydrogen) atoms. The van der Waals surface area contributed by atoms with Gasteiger partial charge in [-0.25, -0.2) is 0 Å². The Balaban J connectivity index is 2.34. The maximum Gasteiger partial charge on any atom is 0.0690 e. The molecule has 1 saturated carbocycles. The number of ether oxygens (including phenoxy) is 1. The van der Waals surface area contributed by atoms with Crippen LogP contribution in [0.5, 0.6) is 0 Å². The Hall–Kier alpha value is 0.540. The minimum atomic E-state index is -0.163. The van der Waals surface area contributed by atoms with Gasteiger partial charge in [-0.1, -0.05) is 0 Å². The predicted molar refractivity (Wildman–Crippen MR) is 55.6 cm³/mol. The summed E-state index contributed by atoms with van der Waals surface area (Å²) in [7, 11) is 0. The minimum Gasteiger partial charge on any atom is -0.369 e. The standard InChI is InChI=1S/C10H16Cl2O/c1-9(2)8-6(11)4-10(3,13-9)5-7(8)12/h6-8H,4-5H2,1-3H3/t6-,7?,8?,10?/m1/s1. The van der Waals surface area contributed by atoms with Crippen LogP contribution in [0.1, 0.15) is 33.6 Å². The van der Waals surface area contributed by atoms with Gasteiger partial charge < -0.3 is 4.74 Å². The van der Waals surface area contributed by atoms with Crippen LogP contribution in [0.4, 0.5) is 0 Å². The molecule has 0 aromatic rings. The van der Waals surface area contributed by atoms with Crippen molar-refractivity contribution < 1.29 is 4.74 Å². The first-order valence-corrected chi connectivity index (χ1v) is 5.70. The van der Waals surface area contributed by atoms with Crippen molar-refractivity contribution in [3.05, 3.63) is 0 Å². The van der Waals surface area contributed by atoms with Crippen molar-refractivity contribution in [3.63, 3.8) is 0 Å². The van der Waals surface area contributed by atoms with Crippen molar-refractivity contribution in [2.24, 2.45) is 5.92 Å². The van der Waals surface area contributed by atoms with E-state index in [1.807, 2.05) is 0 Å². The molecule has 0 N–H and O–H groups in total. The molecule has 0 aromatic carbocycles. The second-order valence-electron chi connectivity index (χ2n) is 5.12. The molecule has 3 rings (SSSR count). The van der Waals surface area contributed by atoms with Crippen molar-refractivity contribution in [2.75, 3.05) is 0 Å². The van der Waals surface area contributed by atoms with Crippen LogP contribution >= 0.6 is 23.2 Å². The van der Waals surface area contributed by atoms with Crippen LogP contribution < -0.4 is 0 Å². The van der Waals surface area contributed by atoms with Crippen LogP contribution in [0.25, 0.3) is 0 Å². The lowest BCUT2D eigenvalue weighted by Crippen LogP contribution is -2.63. The number of hydrogen-bond donors (Lipinski definition) is 0. The van der Waals surface area contributed by atoms with Gasteiger partial charge in [0.05, 0.1) is 11.2 Å². The summed E-state index contributed by atoms with van der Waals surface area (Å²) in [6, 6.07) is 0. The first-order valence-electron chi connectivity index (χ1n) is 4.82. The van der Waals surface area contributed by atoms with Crippen molar-refractivity contribution in [1.29, 1.82) is 0 Å². The van der Waals surface area contributed by atoms with Crippen LogP contribution in [0.15, 0.2) is 0 Å². The van der Waals surface area contributed by atoms with Gasteiger partial charge in [0, 0.05) is 16.7 Å². The molecule has 76 valence electrons. The zero-order valence-electron chi connectivity index (χ0n) is 8.31. The summed E-state index contributed by atoms with van der Waals surface area (Å²) in [6.45, 7) is 6.31. The first-order chi connectivity index (χ1) is 5.84. The monoisotopic (exact) mass is 222 g/mol. The number of alkyl halides is 2. The topological polar surface area (TPSA) is 9.23 Å². The summed E-state index contributed by atoms with van der Waals surface area (Å²) in [5.74, 6) is 0.289. The number of halogens is 2. The Morgan fingerprint density at radius 1 is 1.08 bits per heavy atom. The van der Waals surface area contributed by atoms with Crippen molar-refractivity contribution >= 4 is 23.2 Å². The highest BCUT2D eigenvalue weighted by Crippen LogP contribution is 2.53. The predicted octanol–water partition coefficient (Wildman–Crippen LogP) is 3.18. The van der Waals surface area contributed by atoms with Crippen LogP contribution in [-0.2, 0) is 4.74 Å². The molecule has 0 spiro atoms. The Bertz CT molecular complexity index is 212. The summed E-state index contributed by atoms with van der Waals surface area (Å²) in [4.78, 5) is 0. The van der Waals surface area contributed by atoms with Crippen LogP contribution in [-0.4, -0.2) is 22.0 Å². The van der Waals surface area contributed by atoms with E-state index >= 15 is 0 Å². The fraction of sp³-hybridized carbons (Fsp3) is 1.00. The third-order valence-electron chi connectivity index (χ3n) is 3.35. The zero-order chi connectivity index (χ0) is 9.85. The maximum atomic E-state index is 6.32. The largest absolute Gasteiger partial charge is 0.369 e. The fourth-order valence-electron chi connectivity index (χ4n) is 3.05. The molecule has 0 aromatic heterocycles. The van der Waals surface area contributed by atoms with Gasteiger partial charge in [-0.2, -0.15) is 0 Å². The zero-order valence-corrected chi connectivity index (χ0v) is 9.82. The lowest BCUT2D eigenvalue weighted by atomic mass is 9.68. The average Bonchev–Trinajstić information content (AvgIpc) is 1.75. The van der Waals surface area contributed by atoms with E-state index in [1.54, 1.807) is 0 Å². The van der Waals surface area contributed by atoms with E-state index < -0.39 is 0 Å². The molecule has 3 aliphatic rings. The summed E-state index contributed by atoms with van der Waals surface area (Å²) in [5, 5.41) is 0.343. The summed E-state index contributed by atoms with van der Waals surface area (Å²) >= 11 is 12.6. The molecule has 1 nitrogen and oxygen atoms in total. The quantitative estimate of drug-likeness (QED) is 0.573. The lowest BCUT2D eigenvalue weighted by Gasteiger charge is -2.58. The van der Waals surface area contributed by atoms with Gasteiger partial charge in [-0.15, -0.1) is 23.2 Å². The SMILES string of the molecule is CC12CC(Cl)C([C@H](Cl)C1)C(C)(C)O2. The molecular formula is C10H16Cl2O. The molecule has 1 aliphatic carbocycles. The highest BCUT2D eigenvalue weighted by atomic mass is 35.5. The first kappa shape index (κ1) is 10.1. The second kappa shape index (κ2) is 2.77. The molecule has 2 aliphatic heterocycles. The third kappa shape index (κ3) is 1.49. The van der Waals surface area contributed by atoms with Crippen molar-refractivity contribution in [3.8, 4) is 0 Å². The Labute approximate surface area is 89.7 Å². The molecule has 3 heteroatoms. The smallest absolute Gasteiger partial charge is 0.0690 e. The van der Waals surface area contributed by atoms with E-state index in [0.717, 1.165) is 12.8 Å². The lowest BCUT2D eigenvalue weighted by molar-refractivity contribution is -0.225. The van der Waals surface area contributed by atoms with Crippen molar-refractivity contribution in [2.45, 2.75) is 55.6 Å². The molecule has 0 amide bonds. The van der Waals surface area contributed by atoms with E-state index in [-0.39, 0.29) is 27.9 Å². The van der Waals surface area contributed by atoms with Crippen LogP contribution in [0.2, 0.25) is 0 Å². The second-order valence-corrected chi connectivity index (χ2v) is 6.24. The van der Waals surface area contributed by atoms with Gasteiger partial charge in [0.1, 0.15) is 0 Å². The fourth-order valence-corrected chi connectivity index (χ4v) is 4.73. The average molecular weight is 223 g/mol. The van der Waals surface area contributed by atoms with Crippen LogP contribution in [0.3, 0.4) is 0 Å². The van der Waals surface area contributed by atoms with Gasteiger partial charge in [-0.3, -0.25) is 0 Å². The summed E-state index contributed by atoms with van der Waals surface area (Å²) in [5.41, 5.74) is -0.263. The molecule has 2 bridgehead atoms. The molecule has 2 saturated heterocycles. The molecular weight excluding hydrogens is 207 g/mol. The Kier molecular flexibility index (Phi) is 2.15. The Morgan fingerprint density at radius 3 is 1.85 bits per heavy atom. The van der Waals surface area contributed by atoms with Gasteiger partial charge in [0.25, 0.3) is 0 Å². The van der Waals surface area contributed by atoms with E-state index in [1.165, 1.54) is 0 Å². The minimum absolute atomic E-state index is 0.100. The summed E-state index contributed by atoms with van der Waals surface area (Å²) < 4.78 is 6.03. The number of rotatable bonds is 0. The highest BCUT2D eigenvalue weighted by molar-refractivity contribution is 6.24. The van der Waals surface area contributed by atoms with E-state index in [0.29, 0.717) is 0 Å². The highest BCUT2D eigenvalue weighted by Gasteiger charge is 2.56. The van der Waals surface area contributed by atoms with E-state index in [9.17, 15) is 0 Å². The molecule has 4 atom stereocenters. The van der Waals surface area contributed by atoms with Gasteiger partial charge in [0.15, 0.2) is 0 Å². The summed E-state index contributed by atoms with van der Waals surface area (Å²) in [6.07, 6.45) is 1.87. The van der Waals surface area contributed by atoms with E-state index in [4.69, 9.17) is 27.9 Å². The van der Waals surface area contributed by atoms with Gasteiger partial charge in [-0.05, 0) is 33.6 Å². The van der Waals surface area contributed by atoms with Gasteiger partial charge in [0.2, 0.25) is 0 Å². The number of hydrogen-bond acceptors (Lipinski definition) is 1. The molecule has 3 unspecified atom stereocenters. The molecule has 0 radical (unpaired) electrons. The molecule has 3 fully saturated rings. The van der Waals surface area contributed by atoms with Crippen molar-refractivity contribution in [1.82, 2.24) is 0 Å². The third-order valence-corrected chi connectivity index (χ3v) is 4.20. The molecule has 2 heterocycles. The van der Waals surface area contributed by atoms with E-state index in [2.05, 4.69) is 20.8 Å². The number of fused-ring (bicyclic) bond motifs is 3. The normalized spacial score (nSPS) is 53.8. The Morgan fingerprint density at radius 2 is 1.54 bits per heavy atom. The van der Waals surface area contributed by atoms with Crippen LogP contribution in [0, 0.1) is 5.92 Å².